The highest BCUT2D eigenvalue weighted by Crippen LogP contribution is 2.17. The standard InChI is InChI=1S/C10H20F2N2/c1-4-13-5-6-14(8(2)3)7-9(13)10(11)12/h8-10H,4-7H2,1-3H3/t9-/m1/s1. The van der Waals surface area contributed by atoms with Crippen molar-refractivity contribution >= 4 is 0 Å². The summed E-state index contributed by atoms with van der Waals surface area (Å²) in [4.78, 5) is 4.01. The summed E-state index contributed by atoms with van der Waals surface area (Å²) < 4.78 is 25.5. The van der Waals surface area contributed by atoms with Crippen molar-refractivity contribution < 1.29 is 8.78 Å². The van der Waals surface area contributed by atoms with E-state index in [9.17, 15) is 8.78 Å². The molecule has 0 aliphatic carbocycles. The summed E-state index contributed by atoms with van der Waals surface area (Å²) in [6.45, 7) is 8.97. The highest BCUT2D eigenvalue weighted by atomic mass is 19.3. The third-order valence-electron chi connectivity index (χ3n) is 2.99. The van der Waals surface area contributed by atoms with Gasteiger partial charge in [-0.15, -0.1) is 0 Å². The van der Waals surface area contributed by atoms with Crippen LogP contribution in [0.3, 0.4) is 0 Å². The van der Waals surface area contributed by atoms with Gasteiger partial charge in [0.1, 0.15) is 0 Å². The highest BCUT2D eigenvalue weighted by molar-refractivity contribution is 4.84. The minimum atomic E-state index is -2.23. The van der Waals surface area contributed by atoms with E-state index in [1.54, 1.807) is 0 Å². The van der Waals surface area contributed by atoms with Crippen LogP contribution in [0, 0.1) is 0 Å². The number of rotatable bonds is 3. The van der Waals surface area contributed by atoms with E-state index in [1.807, 2.05) is 11.8 Å². The number of alkyl halides is 2. The molecule has 1 heterocycles. The van der Waals surface area contributed by atoms with Gasteiger partial charge in [-0.25, -0.2) is 8.78 Å². The molecule has 0 unspecified atom stereocenters. The minimum absolute atomic E-state index is 0.371. The van der Waals surface area contributed by atoms with Gasteiger partial charge in [0.15, 0.2) is 0 Å². The molecule has 0 aromatic rings. The van der Waals surface area contributed by atoms with E-state index >= 15 is 0 Å². The molecule has 0 amide bonds. The van der Waals surface area contributed by atoms with Gasteiger partial charge in [0.2, 0.25) is 0 Å². The number of piperazine rings is 1. The molecule has 1 aliphatic heterocycles. The zero-order valence-corrected chi connectivity index (χ0v) is 9.21. The highest BCUT2D eigenvalue weighted by Gasteiger charge is 2.33. The molecular formula is C10H20F2N2. The molecule has 0 aromatic heterocycles. The summed E-state index contributed by atoms with van der Waals surface area (Å²) in [7, 11) is 0. The van der Waals surface area contributed by atoms with Crippen LogP contribution in [0.1, 0.15) is 20.8 Å². The van der Waals surface area contributed by atoms with Crippen LogP contribution < -0.4 is 0 Å². The van der Waals surface area contributed by atoms with E-state index in [1.165, 1.54) is 0 Å². The first-order valence-electron chi connectivity index (χ1n) is 5.32. The van der Waals surface area contributed by atoms with E-state index < -0.39 is 12.5 Å². The quantitative estimate of drug-likeness (QED) is 0.693. The zero-order valence-electron chi connectivity index (χ0n) is 9.21. The van der Waals surface area contributed by atoms with Crippen LogP contribution >= 0.6 is 0 Å². The zero-order chi connectivity index (χ0) is 10.7. The minimum Gasteiger partial charge on any atom is -0.298 e. The molecule has 84 valence electrons. The Morgan fingerprint density at radius 3 is 2.36 bits per heavy atom. The van der Waals surface area contributed by atoms with Crippen molar-refractivity contribution in [2.24, 2.45) is 0 Å². The van der Waals surface area contributed by atoms with Gasteiger partial charge in [-0.2, -0.15) is 0 Å². The number of halogens is 2. The lowest BCUT2D eigenvalue weighted by atomic mass is 10.1. The first-order chi connectivity index (χ1) is 6.56. The lowest BCUT2D eigenvalue weighted by Crippen LogP contribution is -2.57. The van der Waals surface area contributed by atoms with Gasteiger partial charge in [0.05, 0.1) is 6.04 Å². The first kappa shape index (κ1) is 11.9. The Morgan fingerprint density at radius 1 is 1.29 bits per heavy atom. The molecule has 1 fully saturated rings. The van der Waals surface area contributed by atoms with Crippen molar-refractivity contribution in [3.63, 3.8) is 0 Å². The maximum atomic E-state index is 12.7. The van der Waals surface area contributed by atoms with Crippen molar-refractivity contribution in [2.75, 3.05) is 26.2 Å². The summed E-state index contributed by atoms with van der Waals surface area (Å²) >= 11 is 0. The van der Waals surface area contributed by atoms with Crippen molar-refractivity contribution in [3.8, 4) is 0 Å². The second-order valence-corrected chi connectivity index (χ2v) is 4.12. The molecular weight excluding hydrogens is 186 g/mol. The molecule has 0 saturated carbocycles. The Hall–Kier alpha value is -0.220. The monoisotopic (exact) mass is 206 g/mol. The molecule has 0 spiro atoms. The van der Waals surface area contributed by atoms with E-state index in [0.29, 0.717) is 12.6 Å². The third-order valence-corrected chi connectivity index (χ3v) is 2.99. The van der Waals surface area contributed by atoms with Crippen LogP contribution in [0.4, 0.5) is 8.78 Å². The fraction of sp³-hybridized carbons (Fsp3) is 1.00. The molecule has 1 saturated heterocycles. The molecule has 0 radical (unpaired) electrons. The Bertz CT molecular complexity index is 174. The van der Waals surface area contributed by atoms with Gasteiger partial charge in [-0.1, -0.05) is 6.92 Å². The lowest BCUT2D eigenvalue weighted by Gasteiger charge is -2.42. The predicted molar refractivity (Wildman–Crippen MR) is 53.7 cm³/mol. The van der Waals surface area contributed by atoms with Gasteiger partial charge in [-0.3, -0.25) is 9.80 Å². The number of likely N-dealkylation sites (N-methyl/N-ethyl adjacent to an activating group) is 1. The molecule has 0 N–H and O–H groups in total. The van der Waals surface area contributed by atoms with Crippen molar-refractivity contribution in [3.05, 3.63) is 0 Å². The molecule has 1 aliphatic rings. The van der Waals surface area contributed by atoms with Crippen molar-refractivity contribution in [1.82, 2.24) is 9.80 Å². The van der Waals surface area contributed by atoms with Crippen LogP contribution in [-0.4, -0.2) is 54.5 Å². The normalized spacial score (nSPS) is 26.4. The predicted octanol–water partition coefficient (Wildman–Crippen LogP) is 1.67. The molecule has 1 rings (SSSR count). The third kappa shape index (κ3) is 2.64. The van der Waals surface area contributed by atoms with E-state index in [0.717, 1.165) is 19.6 Å². The first-order valence-corrected chi connectivity index (χ1v) is 5.32. The van der Waals surface area contributed by atoms with Gasteiger partial charge in [0, 0.05) is 25.7 Å². The molecule has 14 heavy (non-hydrogen) atoms. The molecule has 2 nitrogen and oxygen atoms in total. The summed E-state index contributed by atoms with van der Waals surface area (Å²) in [6.07, 6.45) is -2.23. The maximum Gasteiger partial charge on any atom is 0.255 e. The van der Waals surface area contributed by atoms with E-state index in [2.05, 4.69) is 18.7 Å². The van der Waals surface area contributed by atoms with E-state index in [4.69, 9.17) is 0 Å². The topological polar surface area (TPSA) is 6.48 Å². The Morgan fingerprint density at radius 2 is 1.93 bits per heavy atom. The lowest BCUT2D eigenvalue weighted by molar-refractivity contribution is -0.0289. The summed E-state index contributed by atoms with van der Waals surface area (Å²) in [5.41, 5.74) is 0. The summed E-state index contributed by atoms with van der Waals surface area (Å²) in [6, 6.07) is -0.202. The van der Waals surface area contributed by atoms with Gasteiger partial charge >= 0.3 is 0 Å². The van der Waals surface area contributed by atoms with Gasteiger partial charge in [0.25, 0.3) is 6.43 Å². The van der Waals surface area contributed by atoms with Crippen LogP contribution in [0.15, 0.2) is 0 Å². The van der Waals surface area contributed by atoms with Crippen LogP contribution in [-0.2, 0) is 0 Å². The molecule has 1 atom stereocenters. The number of hydrogen-bond acceptors (Lipinski definition) is 2. The number of hydrogen-bond donors (Lipinski definition) is 0. The second-order valence-electron chi connectivity index (χ2n) is 4.12. The SMILES string of the molecule is CCN1CCN(C(C)C)C[C@@H]1C(F)F. The molecule has 0 aromatic carbocycles. The van der Waals surface area contributed by atoms with Crippen LogP contribution in [0.2, 0.25) is 0 Å². The van der Waals surface area contributed by atoms with Crippen LogP contribution in [0.5, 0.6) is 0 Å². The average Bonchev–Trinajstić information content (AvgIpc) is 2.16. The Balaban J connectivity index is 2.57. The van der Waals surface area contributed by atoms with Crippen molar-refractivity contribution in [1.29, 1.82) is 0 Å². The molecule has 4 heteroatoms. The van der Waals surface area contributed by atoms with E-state index in [-0.39, 0.29) is 0 Å². The maximum absolute atomic E-state index is 12.7. The van der Waals surface area contributed by atoms with Crippen LogP contribution in [0.25, 0.3) is 0 Å². The average molecular weight is 206 g/mol. The fourth-order valence-electron chi connectivity index (χ4n) is 1.97. The second kappa shape index (κ2) is 5.03. The van der Waals surface area contributed by atoms with Crippen molar-refractivity contribution in [2.45, 2.75) is 39.3 Å². The number of nitrogens with zero attached hydrogens (tertiary/aromatic N) is 2. The summed E-state index contributed by atoms with van der Waals surface area (Å²) in [5, 5.41) is 0. The Kier molecular flexibility index (Phi) is 4.26. The smallest absolute Gasteiger partial charge is 0.255 e. The van der Waals surface area contributed by atoms with Gasteiger partial charge < -0.3 is 0 Å². The van der Waals surface area contributed by atoms with Gasteiger partial charge in [-0.05, 0) is 20.4 Å². The molecule has 0 bridgehead atoms. The Labute approximate surface area is 84.9 Å². The largest absolute Gasteiger partial charge is 0.298 e. The summed E-state index contributed by atoms with van der Waals surface area (Å²) in [5.74, 6) is 0. The fourth-order valence-corrected chi connectivity index (χ4v) is 1.97.